The molecule has 0 aliphatic carbocycles. The molecule has 0 fully saturated rings. The van der Waals surface area contributed by atoms with Crippen molar-refractivity contribution in [2.75, 3.05) is 10.6 Å². The first kappa shape index (κ1) is 36.0. The summed E-state index contributed by atoms with van der Waals surface area (Å²) in [6.45, 7) is 0. The standard InChI is InChI=1S/C41H29N5O5S2/c42-25-34-35(28-11-4-1-5-12-28)26-52-41(34)45-40(49)37(29-13-6-2-7-14-29)53-33-18-10-17-31(24-33)43-39(48)36(44-38(47)30-15-8-3-9-16-30)23-27-19-21-32(22-20-27)46(50)51/h1-24,26,37H,(H,43,48)(H,44,47)(H,45,49)/b36-23+. The van der Waals surface area contributed by atoms with Gasteiger partial charge in [-0.05, 0) is 65.2 Å². The maximum absolute atomic E-state index is 13.9. The highest BCUT2D eigenvalue weighted by Gasteiger charge is 2.25. The second kappa shape index (κ2) is 16.9. The first-order valence-electron chi connectivity index (χ1n) is 16.1. The topological polar surface area (TPSA) is 154 Å². The van der Waals surface area contributed by atoms with E-state index in [1.807, 2.05) is 72.1 Å². The summed E-state index contributed by atoms with van der Waals surface area (Å²) in [6.07, 6.45) is 1.43. The number of nitriles is 1. The van der Waals surface area contributed by atoms with Crippen LogP contribution in [0.3, 0.4) is 0 Å². The molecule has 5 aromatic carbocycles. The van der Waals surface area contributed by atoms with E-state index < -0.39 is 22.0 Å². The molecule has 260 valence electrons. The van der Waals surface area contributed by atoms with Crippen LogP contribution in [0.5, 0.6) is 0 Å². The number of rotatable bonds is 12. The van der Waals surface area contributed by atoms with Crippen LogP contribution in [-0.2, 0) is 9.59 Å². The number of nitro groups is 1. The molecule has 0 saturated carbocycles. The Morgan fingerprint density at radius 3 is 2.13 bits per heavy atom. The number of nitrogens with zero attached hydrogens (tertiary/aromatic N) is 2. The predicted molar refractivity (Wildman–Crippen MR) is 208 cm³/mol. The fraction of sp³-hybridized carbons (Fsp3) is 0.0244. The predicted octanol–water partition coefficient (Wildman–Crippen LogP) is 9.08. The van der Waals surface area contributed by atoms with E-state index in [-0.39, 0.29) is 17.3 Å². The van der Waals surface area contributed by atoms with Crippen molar-refractivity contribution in [1.29, 1.82) is 5.26 Å². The summed E-state index contributed by atoms with van der Waals surface area (Å²) in [5.41, 5.74) is 3.71. The van der Waals surface area contributed by atoms with Gasteiger partial charge >= 0.3 is 0 Å². The summed E-state index contributed by atoms with van der Waals surface area (Å²) in [7, 11) is 0. The quantitative estimate of drug-likeness (QED) is 0.0490. The fourth-order valence-corrected chi connectivity index (χ4v) is 7.26. The Morgan fingerprint density at radius 1 is 0.811 bits per heavy atom. The number of thioether (sulfide) groups is 1. The first-order valence-corrected chi connectivity index (χ1v) is 17.9. The zero-order valence-corrected chi connectivity index (χ0v) is 29.4. The highest BCUT2D eigenvalue weighted by atomic mass is 32.2. The van der Waals surface area contributed by atoms with Gasteiger partial charge in [0.05, 0.1) is 10.5 Å². The van der Waals surface area contributed by atoms with E-state index in [0.29, 0.717) is 32.3 Å². The molecule has 0 spiro atoms. The minimum absolute atomic E-state index is 0.0913. The van der Waals surface area contributed by atoms with Gasteiger partial charge in [-0.3, -0.25) is 24.5 Å². The Hall–Kier alpha value is -6.81. The molecule has 1 heterocycles. The van der Waals surface area contributed by atoms with Gasteiger partial charge in [-0.15, -0.1) is 23.1 Å². The number of carbonyl (C=O) groups excluding carboxylic acids is 3. The summed E-state index contributed by atoms with van der Waals surface area (Å²) in [4.78, 5) is 52.0. The molecule has 0 bridgehead atoms. The van der Waals surface area contributed by atoms with Gasteiger partial charge in [-0.1, -0.05) is 84.9 Å². The number of hydrogen-bond acceptors (Lipinski definition) is 8. The minimum Gasteiger partial charge on any atom is -0.321 e. The van der Waals surface area contributed by atoms with Crippen molar-refractivity contribution in [3.8, 4) is 17.2 Å². The zero-order valence-electron chi connectivity index (χ0n) is 27.8. The Balaban J connectivity index is 1.24. The Labute approximate surface area is 313 Å². The van der Waals surface area contributed by atoms with Crippen molar-refractivity contribution in [3.63, 3.8) is 0 Å². The summed E-state index contributed by atoms with van der Waals surface area (Å²) in [5.74, 6) is -1.48. The lowest BCUT2D eigenvalue weighted by Crippen LogP contribution is -2.30. The highest BCUT2D eigenvalue weighted by molar-refractivity contribution is 8.00. The Kier molecular flexibility index (Phi) is 11.5. The Morgan fingerprint density at radius 2 is 1.47 bits per heavy atom. The monoisotopic (exact) mass is 735 g/mol. The van der Waals surface area contributed by atoms with Crippen LogP contribution in [0.25, 0.3) is 17.2 Å². The molecular formula is C41H29N5O5S2. The van der Waals surface area contributed by atoms with E-state index in [4.69, 9.17) is 0 Å². The number of nitrogens with one attached hydrogen (secondary N) is 3. The molecule has 1 aromatic heterocycles. The van der Waals surface area contributed by atoms with Crippen LogP contribution >= 0.6 is 23.1 Å². The molecule has 53 heavy (non-hydrogen) atoms. The van der Waals surface area contributed by atoms with Crippen LogP contribution in [0.2, 0.25) is 0 Å². The number of hydrogen-bond donors (Lipinski definition) is 3. The average Bonchev–Trinajstić information content (AvgIpc) is 3.60. The van der Waals surface area contributed by atoms with E-state index in [1.54, 1.807) is 48.5 Å². The van der Waals surface area contributed by atoms with E-state index in [1.165, 1.54) is 53.4 Å². The van der Waals surface area contributed by atoms with E-state index in [9.17, 15) is 29.8 Å². The molecule has 3 amide bonds. The molecule has 10 nitrogen and oxygen atoms in total. The van der Waals surface area contributed by atoms with Crippen molar-refractivity contribution in [3.05, 3.63) is 183 Å². The lowest BCUT2D eigenvalue weighted by molar-refractivity contribution is -0.384. The van der Waals surface area contributed by atoms with Gasteiger partial charge in [-0.2, -0.15) is 5.26 Å². The largest absolute Gasteiger partial charge is 0.321 e. The maximum Gasteiger partial charge on any atom is 0.272 e. The number of thiophene rings is 1. The molecular weight excluding hydrogens is 707 g/mol. The summed E-state index contributed by atoms with van der Waals surface area (Å²) in [6, 6.07) is 41.9. The van der Waals surface area contributed by atoms with Gasteiger partial charge in [-0.25, -0.2) is 0 Å². The molecule has 1 unspecified atom stereocenters. The van der Waals surface area contributed by atoms with Crippen molar-refractivity contribution < 1.29 is 19.3 Å². The number of benzene rings is 5. The molecule has 0 saturated heterocycles. The van der Waals surface area contributed by atoms with E-state index in [0.717, 1.165) is 16.7 Å². The molecule has 3 N–H and O–H groups in total. The lowest BCUT2D eigenvalue weighted by Gasteiger charge is -2.17. The molecule has 6 aromatic rings. The fourth-order valence-electron chi connectivity index (χ4n) is 5.25. The van der Waals surface area contributed by atoms with Crippen LogP contribution < -0.4 is 16.0 Å². The van der Waals surface area contributed by atoms with Gasteiger partial charge in [0.25, 0.3) is 17.5 Å². The molecule has 12 heteroatoms. The number of amides is 3. The van der Waals surface area contributed by atoms with Crippen LogP contribution in [-0.4, -0.2) is 22.6 Å². The summed E-state index contributed by atoms with van der Waals surface area (Å²) in [5, 5.41) is 31.2. The second-order valence-corrected chi connectivity index (χ2v) is 13.5. The first-order chi connectivity index (χ1) is 25.8. The number of anilines is 2. The molecule has 0 aliphatic rings. The van der Waals surface area contributed by atoms with Crippen LogP contribution in [0.4, 0.5) is 16.4 Å². The number of carbonyl (C=O) groups is 3. The van der Waals surface area contributed by atoms with Crippen molar-refractivity contribution in [2.24, 2.45) is 0 Å². The maximum atomic E-state index is 13.9. The zero-order chi connectivity index (χ0) is 37.2. The third-order valence-electron chi connectivity index (χ3n) is 7.85. The number of non-ortho nitro benzene ring substituents is 1. The van der Waals surface area contributed by atoms with Crippen molar-refractivity contribution in [1.82, 2.24) is 5.32 Å². The van der Waals surface area contributed by atoms with E-state index in [2.05, 4.69) is 22.0 Å². The van der Waals surface area contributed by atoms with Crippen molar-refractivity contribution >= 4 is 63.3 Å². The normalized spacial score (nSPS) is 11.5. The minimum atomic E-state index is -0.723. The van der Waals surface area contributed by atoms with Crippen molar-refractivity contribution in [2.45, 2.75) is 10.1 Å². The third-order valence-corrected chi connectivity index (χ3v) is 10.00. The highest BCUT2D eigenvalue weighted by Crippen LogP contribution is 2.40. The van der Waals surface area contributed by atoms with Gasteiger partial charge in [0.15, 0.2) is 0 Å². The van der Waals surface area contributed by atoms with Crippen LogP contribution in [0, 0.1) is 21.4 Å². The molecule has 0 radical (unpaired) electrons. The molecule has 6 rings (SSSR count). The lowest BCUT2D eigenvalue weighted by atomic mass is 10.1. The Bertz CT molecular complexity index is 2340. The van der Waals surface area contributed by atoms with Gasteiger partial charge in [0, 0.05) is 39.2 Å². The average molecular weight is 736 g/mol. The second-order valence-electron chi connectivity index (χ2n) is 11.4. The van der Waals surface area contributed by atoms with Gasteiger partial charge < -0.3 is 16.0 Å². The van der Waals surface area contributed by atoms with E-state index >= 15 is 0 Å². The van der Waals surface area contributed by atoms with Crippen LogP contribution in [0.15, 0.2) is 155 Å². The van der Waals surface area contributed by atoms with Gasteiger partial charge in [0.2, 0.25) is 5.91 Å². The SMILES string of the molecule is N#Cc1c(-c2ccccc2)csc1NC(=O)C(Sc1cccc(NC(=O)/C(=C\c2ccc([N+](=O)[O-])cc2)NC(=O)c2ccccc2)c1)c1ccccc1. The van der Waals surface area contributed by atoms with Gasteiger partial charge in [0.1, 0.15) is 22.0 Å². The summed E-state index contributed by atoms with van der Waals surface area (Å²) < 4.78 is 0. The smallest absolute Gasteiger partial charge is 0.272 e. The molecule has 0 aliphatic heterocycles. The third kappa shape index (κ3) is 9.11. The van der Waals surface area contributed by atoms with Crippen LogP contribution in [0.1, 0.15) is 32.3 Å². The number of nitro benzene ring substituents is 1. The molecule has 1 atom stereocenters. The summed E-state index contributed by atoms with van der Waals surface area (Å²) >= 11 is 2.55.